The van der Waals surface area contributed by atoms with E-state index in [1.807, 2.05) is 55.5 Å². The summed E-state index contributed by atoms with van der Waals surface area (Å²) in [6.45, 7) is 2.31. The first-order valence-corrected chi connectivity index (χ1v) is 8.81. The van der Waals surface area contributed by atoms with E-state index in [2.05, 4.69) is 20.9 Å². The van der Waals surface area contributed by atoms with E-state index in [1.54, 1.807) is 6.20 Å². The molecule has 0 unspecified atom stereocenters. The van der Waals surface area contributed by atoms with Gasteiger partial charge in [-0.3, -0.25) is 4.79 Å². The largest absolute Gasteiger partial charge is 0.461 e. The second kappa shape index (κ2) is 8.12. The van der Waals surface area contributed by atoms with Crippen LogP contribution in [-0.2, 0) is 22.6 Å². The fraction of sp³-hybridized carbons (Fsp3) is 0.200. The Balaban J connectivity index is 1.49. The quantitative estimate of drug-likeness (QED) is 0.541. The zero-order valence-electron chi connectivity index (χ0n) is 13.9. The number of carbonyl (C=O) groups excluding carboxylic acids is 1. The standard InChI is InChI=1S/C20H18BrNO3/c1-14-2-6-16(7-3-14)18-12-22-19(25-18)10-11-20(23)24-13-15-4-8-17(21)9-5-15/h2-9,12H,10-11,13H2,1H3. The lowest BCUT2D eigenvalue weighted by molar-refractivity contribution is -0.145. The van der Waals surface area contributed by atoms with E-state index in [-0.39, 0.29) is 19.0 Å². The average Bonchev–Trinajstić information content (AvgIpc) is 3.09. The van der Waals surface area contributed by atoms with Crippen LogP contribution in [0.2, 0.25) is 0 Å². The van der Waals surface area contributed by atoms with E-state index in [9.17, 15) is 4.79 Å². The first kappa shape index (κ1) is 17.4. The summed E-state index contributed by atoms with van der Waals surface area (Å²) in [5.41, 5.74) is 3.12. The molecule has 1 aromatic heterocycles. The molecule has 0 bridgehead atoms. The summed E-state index contributed by atoms with van der Waals surface area (Å²) in [6, 6.07) is 15.7. The number of oxazole rings is 1. The maximum Gasteiger partial charge on any atom is 0.306 e. The predicted molar refractivity (Wildman–Crippen MR) is 98.9 cm³/mol. The topological polar surface area (TPSA) is 52.3 Å². The second-order valence-electron chi connectivity index (χ2n) is 5.77. The Morgan fingerprint density at radius 1 is 1.12 bits per heavy atom. The third-order valence-electron chi connectivity index (χ3n) is 3.75. The van der Waals surface area contributed by atoms with Gasteiger partial charge in [-0.25, -0.2) is 4.98 Å². The number of esters is 1. The van der Waals surface area contributed by atoms with Crippen molar-refractivity contribution in [1.82, 2.24) is 4.98 Å². The highest BCUT2D eigenvalue weighted by atomic mass is 79.9. The lowest BCUT2D eigenvalue weighted by Gasteiger charge is -2.04. The van der Waals surface area contributed by atoms with Gasteiger partial charge >= 0.3 is 5.97 Å². The third kappa shape index (κ3) is 5.03. The van der Waals surface area contributed by atoms with Gasteiger partial charge in [-0.15, -0.1) is 0 Å². The fourth-order valence-electron chi connectivity index (χ4n) is 2.30. The van der Waals surface area contributed by atoms with E-state index in [0.717, 1.165) is 15.6 Å². The van der Waals surface area contributed by atoms with Gasteiger partial charge in [-0.05, 0) is 24.6 Å². The molecule has 0 N–H and O–H groups in total. The Labute approximate surface area is 155 Å². The molecule has 0 fully saturated rings. The summed E-state index contributed by atoms with van der Waals surface area (Å²) >= 11 is 3.37. The average molecular weight is 400 g/mol. The van der Waals surface area contributed by atoms with Crippen molar-refractivity contribution in [3.8, 4) is 11.3 Å². The van der Waals surface area contributed by atoms with E-state index in [0.29, 0.717) is 18.1 Å². The molecule has 3 rings (SSSR count). The fourth-order valence-corrected chi connectivity index (χ4v) is 2.57. The maximum absolute atomic E-state index is 11.9. The van der Waals surface area contributed by atoms with Crippen LogP contribution >= 0.6 is 15.9 Å². The van der Waals surface area contributed by atoms with Crippen LogP contribution in [0.25, 0.3) is 11.3 Å². The molecule has 0 spiro atoms. The van der Waals surface area contributed by atoms with E-state index in [1.165, 1.54) is 5.56 Å². The highest BCUT2D eigenvalue weighted by Gasteiger charge is 2.10. The van der Waals surface area contributed by atoms with Gasteiger partial charge in [0.25, 0.3) is 0 Å². The molecule has 0 atom stereocenters. The van der Waals surface area contributed by atoms with Crippen LogP contribution < -0.4 is 0 Å². The number of aryl methyl sites for hydroxylation is 2. The van der Waals surface area contributed by atoms with Gasteiger partial charge in [0.15, 0.2) is 11.7 Å². The number of hydrogen-bond donors (Lipinski definition) is 0. The van der Waals surface area contributed by atoms with Crippen molar-refractivity contribution in [2.45, 2.75) is 26.4 Å². The molecule has 2 aromatic carbocycles. The molecule has 0 aliphatic rings. The molecule has 0 aliphatic heterocycles. The summed E-state index contributed by atoms with van der Waals surface area (Å²) in [7, 11) is 0. The van der Waals surface area contributed by atoms with Crippen molar-refractivity contribution < 1.29 is 13.9 Å². The Kier molecular flexibility index (Phi) is 5.66. The lowest BCUT2D eigenvalue weighted by Crippen LogP contribution is -2.06. The number of halogens is 1. The number of ether oxygens (including phenoxy) is 1. The van der Waals surface area contributed by atoms with Gasteiger partial charge in [-0.2, -0.15) is 0 Å². The molecular formula is C20H18BrNO3. The van der Waals surface area contributed by atoms with Crippen LogP contribution in [0.1, 0.15) is 23.4 Å². The van der Waals surface area contributed by atoms with E-state index in [4.69, 9.17) is 9.15 Å². The zero-order valence-corrected chi connectivity index (χ0v) is 15.5. The molecule has 0 amide bonds. The normalized spacial score (nSPS) is 10.6. The van der Waals surface area contributed by atoms with Crippen LogP contribution in [0.15, 0.2) is 63.6 Å². The van der Waals surface area contributed by atoms with Crippen LogP contribution in [0.4, 0.5) is 0 Å². The number of hydrogen-bond acceptors (Lipinski definition) is 4. The number of benzene rings is 2. The van der Waals surface area contributed by atoms with E-state index >= 15 is 0 Å². The molecule has 3 aromatic rings. The van der Waals surface area contributed by atoms with Crippen molar-refractivity contribution in [2.24, 2.45) is 0 Å². The first-order valence-electron chi connectivity index (χ1n) is 8.02. The highest BCUT2D eigenvalue weighted by molar-refractivity contribution is 9.10. The molecule has 25 heavy (non-hydrogen) atoms. The number of nitrogens with zero attached hydrogens (tertiary/aromatic N) is 1. The minimum absolute atomic E-state index is 0.240. The number of carbonyl (C=O) groups is 1. The predicted octanol–water partition coefficient (Wildman–Crippen LogP) is 5.09. The maximum atomic E-state index is 11.9. The van der Waals surface area contributed by atoms with Crippen LogP contribution in [0.5, 0.6) is 0 Å². The minimum Gasteiger partial charge on any atom is -0.461 e. The van der Waals surface area contributed by atoms with Gasteiger partial charge in [0.2, 0.25) is 0 Å². The summed E-state index contributed by atoms with van der Waals surface area (Å²) in [5.74, 6) is 0.979. The molecule has 128 valence electrons. The first-order chi connectivity index (χ1) is 12.1. The Morgan fingerprint density at radius 2 is 1.84 bits per heavy atom. The SMILES string of the molecule is Cc1ccc(-c2cnc(CCC(=O)OCc3ccc(Br)cc3)o2)cc1. The van der Waals surface area contributed by atoms with Crippen LogP contribution in [-0.4, -0.2) is 11.0 Å². The van der Waals surface area contributed by atoms with Crippen molar-refractivity contribution >= 4 is 21.9 Å². The van der Waals surface area contributed by atoms with Crippen LogP contribution in [0, 0.1) is 6.92 Å². The summed E-state index contributed by atoms with van der Waals surface area (Å²) in [4.78, 5) is 16.1. The second-order valence-corrected chi connectivity index (χ2v) is 6.69. The van der Waals surface area contributed by atoms with Crippen molar-refractivity contribution in [2.75, 3.05) is 0 Å². The molecule has 5 heteroatoms. The van der Waals surface area contributed by atoms with Crippen molar-refractivity contribution in [3.05, 3.63) is 76.2 Å². The highest BCUT2D eigenvalue weighted by Crippen LogP contribution is 2.21. The smallest absolute Gasteiger partial charge is 0.306 e. The Hall–Kier alpha value is -2.40. The molecule has 0 saturated heterocycles. The van der Waals surface area contributed by atoms with E-state index < -0.39 is 0 Å². The molecular weight excluding hydrogens is 382 g/mol. The summed E-state index contributed by atoms with van der Waals surface area (Å²) in [6.07, 6.45) is 2.35. The summed E-state index contributed by atoms with van der Waals surface area (Å²) < 4.78 is 12.0. The van der Waals surface area contributed by atoms with Gasteiger partial charge in [0.1, 0.15) is 6.61 Å². The third-order valence-corrected chi connectivity index (χ3v) is 4.27. The zero-order chi connectivity index (χ0) is 17.6. The monoisotopic (exact) mass is 399 g/mol. The van der Waals surface area contributed by atoms with Gasteiger partial charge < -0.3 is 9.15 Å². The number of rotatable bonds is 6. The van der Waals surface area contributed by atoms with Gasteiger partial charge in [0, 0.05) is 16.5 Å². The van der Waals surface area contributed by atoms with Crippen molar-refractivity contribution in [1.29, 1.82) is 0 Å². The van der Waals surface area contributed by atoms with Gasteiger partial charge in [-0.1, -0.05) is 57.9 Å². The lowest BCUT2D eigenvalue weighted by atomic mass is 10.1. The molecule has 4 nitrogen and oxygen atoms in total. The molecule has 1 heterocycles. The Bertz CT molecular complexity index is 838. The van der Waals surface area contributed by atoms with Crippen LogP contribution in [0.3, 0.4) is 0 Å². The van der Waals surface area contributed by atoms with Gasteiger partial charge in [0.05, 0.1) is 12.6 Å². The number of aromatic nitrogens is 1. The summed E-state index contributed by atoms with van der Waals surface area (Å²) in [5, 5.41) is 0. The van der Waals surface area contributed by atoms with Crippen molar-refractivity contribution in [3.63, 3.8) is 0 Å². The minimum atomic E-state index is -0.266. The molecule has 0 aliphatic carbocycles. The Morgan fingerprint density at radius 3 is 2.56 bits per heavy atom. The molecule has 0 saturated carbocycles. The molecule has 0 radical (unpaired) electrons.